The van der Waals surface area contributed by atoms with Crippen LogP contribution in [0.4, 0.5) is 0 Å². The van der Waals surface area contributed by atoms with Crippen molar-refractivity contribution in [1.82, 2.24) is 5.32 Å². The molecule has 116 valence electrons. The maximum absolute atomic E-state index is 12.0. The summed E-state index contributed by atoms with van der Waals surface area (Å²) >= 11 is 0. The molecule has 0 aliphatic rings. The number of aryl methyl sites for hydroxylation is 3. The molecule has 0 saturated carbocycles. The van der Waals surface area contributed by atoms with E-state index in [1.54, 1.807) is 0 Å². The van der Waals surface area contributed by atoms with Crippen LogP contribution in [0.25, 0.3) is 0 Å². The molecule has 3 nitrogen and oxygen atoms in total. The molecule has 2 aromatic rings. The fraction of sp³-hybridized carbons (Fsp3) is 0.316. The lowest BCUT2D eigenvalue weighted by atomic mass is 10.0. The Morgan fingerprint density at radius 2 is 1.86 bits per heavy atom. The molecule has 2 rings (SSSR count). The molecule has 1 amide bonds. The molecule has 3 heteroatoms. The van der Waals surface area contributed by atoms with Crippen LogP contribution in [0.2, 0.25) is 0 Å². The average molecular weight is 297 g/mol. The van der Waals surface area contributed by atoms with E-state index in [1.807, 2.05) is 38.1 Å². The maximum atomic E-state index is 12.0. The molecule has 0 spiro atoms. The van der Waals surface area contributed by atoms with Crippen LogP contribution in [0, 0.1) is 20.8 Å². The number of carbonyl (C=O) groups excluding carboxylic acids is 1. The summed E-state index contributed by atoms with van der Waals surface area (Å²) < 4.78 is 5.52. The zero-order valence-electron chi connectivity index (χ0n) is 13.6. The molecule has 0 bridgehead atoms. The number of nitrogens with one attached hydrogen (secondary N) is 1. The van der Waals surface area contributed by atoms with E-state index < -0.39 is 0 Å². The van der Waals surface area contributed by atoms with E-state index in [-0.39, 0.29) is 18.6 Å². The molecule has 0 aromatic heterocycles. The Bertz CT molecular complexity index is 664. The maximum Gasteiger partial charge on any atom is 0.258 e. The van der Waals surface area contributed by atoms with Gasteiger partial charge in [0.25, 0.3) is 5.91 Å². The number of rotatable bonds is 5. The molecule has 0 aliphatic carbocycles. The van der Waals surface area contributed by atoms with Crippen LogP contribution in [0.1, 0.15) is 35.2 Å². The fourth-order valence-corrected chi connectivity index (χ4v) is 2.25. The summed E-state index contributed by atoms with van der Waals surface area (Å²) in [6, 6.07) is 13.9. The SMILES string of the molecule is Cc1cccc(OCC(=O)NC(C)c2ccc(C)c(C)c2)c1. The summed E-state index contributed by atoms with van der Waals surface area (Å²) in [4.78, 5) is 12.0. The monoisotopic (exact) mass is 297 g/mol. The summed E-state index contributed by atoms with van der Waals surface area (Å²) in [5, 5.41) is 2.96. The Morgan fingerprint density at radius 3 is 2.55 bits per heavy atom. The number of hydrogen-bond donors (Lipinski definition) is 1. The molecule has 0 fully saturated rings. The van der Waals surface area contributed by atoms with Gasteiger partial charge < -0.3 is 10.1 Å². The lowest BCUT2D eigenvalue weighted by molar-refractivity contribution is -0.123. The van der Waals surface area contributed by atoms with Crippen molar-refractivity contribution in [2.75, 3.05) is 6.61 Å². The molecule has 22 heavy (non-hydrogen) atoms. The van der Waals surface area contributed by atoms with Gasteiger partial charge in [-0.2, -0.15) is 0 Å². The Kier molecular flexibility index (Phi) is 5.21. The number of benzene rings is 2. The molecular weight excluding hydrogens is 274 g/mol. The third kappa shape index (κ3) is 4.35. The topological polar surface area (TPSA) is 38.3 Å². The quantitative estimate of drug-likeness (QED) is 0.910. The van der Waals surface area contributed by atoms with Crippen LogP contribution in [-0.2, 0) is 4.79 Å². The van der Waals surface area contributed by atoms with E-state index in [4.69, 9.17) is 4.74 Å². The van der Waals surface area contributed by atoms with Crippen molar-refractivity contribution >= 4 is 5.91 Å². The van der Waals surface area contributed by atoms with E-state index in [2.05, 4.69) is 37.4 Å². The van der Waals surface area contributed by atoms with Crippen LogP contribution in [0.15, 0.2) is 42.5 Å². The number of ether oxygens (including phenoxy) is 1. The fourth-order valence-electron chi connectivity index (χ4n) is 2.25. The molecule has 1 unspecified atom stereocenters. The van der Waals surface area contributed by atoms with E-state index in [9.17, 15) is 4.79 Å². The molecule has 1 N–H and O–H groups in total. The second-order valence-corrected chi connectivity index (χ2v) is 5.74. The standard InChI is InChI=1S/C19H23NO2/c1-13-6-5-7-18(10-13)22-12-19(21)20-16(4)17-9-8-14(2)15(3)11-17/h5-11,16H,12H2,1-4H3,(H,20,21). The first-order chi connectivity index (χ1) is 10.5. The van der Waals surface area contributed by atoms with E-state index in [0.717, 1.165) is 11.1 Å². The minimum atomic E-state index is -0.118. The highest BCUT2D eigenvalue weighted by Gasteiger charge is 2.10. The lowest BCUT2D eigenvalue weighted by Gasteiger charge is -2.16. The van der Waals surface area contributed by atoms with Gasteiger partial charge in [-0.1, -0.05) is 30.3 Å². The van der Waals surface area contributed by atoms with Crippen LogP contribution in [-0.4, -0.2) is 12.5 Å². The summed E-state index contributed by atoms with van der Waals surface area (Å²) in [5.41, 5.74) is 4.70. The minimum absolute atomic E-state index is 0.0264. The Hall–Kier alpha value is -2.29. The van der Waals surface area contributed by atoms with Gasteiger partial charge in [0, 0.05) is 0 Å². The highest BCUT2D eigenvalue weighted by Crippen LogP contribution is 2.17. The highest BCUT2D eigenvalue weighted by atomic mass is 16.5. The van der Waals surface area contributed by atoms with Crippen LogP contribution in [0.3, 0.4) is 0 Å². The number of amides is 1. The predicted octanol–water partition coefficient (Wildman–Crippen LogP) is 3.87. The van der Waals surface area contributed by atoms with Crippen molar-refractivity contribution in [1.29, 1.82) is 0 Å². The van der Waals surface area contributed by atoms with Gasteiger partial charge in [-0.3, -0.25) is 4.79 Å². The highest BCUT2D eigenvalue weighted by molar-refractivity contribution is 5.78. The summed E-state index contributed by atoms with van der Waals surface area (Å²) in [6.45, 7) is 8.16. The van der Waals surface area contributed by atoms with Crippen molar-refractivity contribution < 1.29 is 9.53 Å². The number of carbonyl (C=O) groups is 1. The second-order valence-electron chi connectivity index (χ2n) is 5.74. The smallest absolute Gasteiger partial charge is 0.258 e. The van der Waals surface area contributed by atoms with Gasteiger partial charge in [-0.15, -0.1) is 0 Å². The van der Waals surface area contributed by atoms with Crippen molar-refractivity contribution in [2.45, 2.75) is 33.7 Å². The largest absolute Gasteiger partial charge is 0.484 e. The molecule has 1 atom stereocenters. The van der Waals surface area contributed by atoms with Gasteiger partial charge in [0.15, 0.2) is 6.61 Å². The molecule has 0 heterocycles. The summed E-state index contributed by atoms with van der Waals surface area (Å²) in [6.07, 6.45) is 0. The molecule has 2 aromatic carbocycles. The Morgan fingerprint density at radius 1 is 1.09 bits per heavy atom. The molecule has 0 saturated heterocycles. The lowest BCUT2D eigenvalue weighted by Crippen LogP contribution is -2.31. The third-order valence-electron chi connectivity index (χ3n) is 3.77. The number of hydrogen-bond acceptors (Lipinski definition) is 2. The van der Waals surface area contributed by atoms with Gasteiger partial charge in [-0.25, -0.2) is 0 Å². The van der Waals surface area contributed by atoms with Gasteiger partial charge in [0.1, 0.15) is 5.75 Å². The predicted molar refractivity (Wildman–Crippen MR) is 89.1 cm³/mol. The van der Waals surface area contributed by atoms with Gasteiger partial charge in [0.05, 0.1) is 6.04 Å². The van der Waals surface area contributed by atoms with Crippen LogP contribution >= 0.6 is 0 Å². The van der Waals surface area contributed by atoms with Crippen molar-refractivity contribution in [3.63, 3.8) is 0 Å². The third-order valence-corrected chi connectivity index (χ3v) is 3.77. The van der Waals surface area contributed by atoms with Crippen molar-refractivity contribution in [2.24, 2.45) is 0 Å². The minimum Gasteiger partial charge on any atom is -0.484 e. The Balaban J connectivity index is 1.89. The second kappa shape index (κ2) is 7.12. The zero-order valence-corrected chi connectivity index (χ0v) is 13.6. The van der Waals surface area contributed by atoms with Gasteiger partial charge in [0.2, 0.25) is 0 Å². The molecule has 0 radical (unpaired) electrons. The van der Waals surface area contributed by atoms with Crippen molar-refractivity contribution in [3.05, 3.63) is 64.7 Å². The first-order valence-electron chi connectivity index (χ1n) is 7.51. The zero-order chi connectivity index (χ0) is 16.1. The first kappa shape index (κ1) is 16.1. The van der Waals surface area contributed by atoms with E-state index in [0.29, 0.717) is 5.75 Å². The van der Waals surface area contributed by atoms with E-state index in [1.165, 1.54) is 11.1 Å². The molecular formula is C19H23NO2. The summed E-state index contributed by atoms with van der Waals surface area (Å²) in [5.74, 6) is 0.598. The van der Waals surface area contributed by atoms with Crippen LogP contribution < -0.4 is 10.1 Å². The molecule has 0 aliphatic heterocycles. The van der Waals surface area contributed by atoms with E-state index >= 15 is 0 Å². The summed E-state index contributed by atoms with van der Waals surface area (Å²) in [7, 11) is 0. The first-order valence-corrected chi connectivity index (χ1v) is 7.51. The average Bonchev–Trinajstić information content (AvgIpc) is 2.48. The Labute approximate surface area is 132 Å². The normalized spacial score (nSPS) is 11.8. The van der Waals surface area contributed by atoms with Crippen LogP contribution in [0.5, 0.6) is 5.75 Å². The van der Waals surface area contributed by atoms with Crippen molar-refractivity contribution in [3.8, 4) is 5.75 Å². The van der Waals surface area contributed by atoms with Gasteiger partial charge >= 0.3 is 0 Å². The van der Waals surface area contributed by atoms with Gasteiger partial charge in [-0.05, 0) is 62.1 Å².